The summed E-state index contributed by atoms with van der Waals surface area (Å²) in [5.41, 5.74) is 16.9. The average Bonchev–Trinajstić information content (AvgIpc) is 3.60. The first-order valence-electron chi connectivity index (χ1n) is 14.1. The second kappa shape index (κ2) is 14.7. The molecule has 0 spiro atoms. The molecule has 0 saturated carbocycles. The molecular formula is C30H39N7O7. The van der Waals surface area contributed by atoms with E-state index < -0.39 is 60.5 Å². The highest BCUT2D eigenvalue weighted by molar-refractivity contribution is 5.99. The van der Waals surface area contributed by atoms with Crippen LogP contribution in [0.25, 0.3) is 0 Å². The Morgan fingerprint density at radius 3 is 2.25 bits per heavy atom. The van der Waals surface area contributed by atoms with Gasteiger partial charge in [0, 0.05) is 0 Å². The van der Waals surface area contributed by atoms with Crippen LogP contribution in [0.15, 0.2) is 47.5 Å². The van der Waals surface area contributed by atoms with E-state index in [-0.39, 0.29) is 35.5 Å². The van der Waals surface area contributed by atoms with Crippen molar-refractivity contribution in [1.29, 1.82) is 10.7 Å². The molecule has 8 N–H and O–H groups in total. The predicted molar refractivity (Wildman–Crippen MR) is 159 cm³/mol. The summed E-state index contributed by atoms with van der Waals surface area (Å²) in [4.78, 5) is 45.7. The number of aromatic amines is 1. The van der Waals surface area contributed by atoms with E-state index >= 15 is 0 Å². The third-order valence-electron chi connectivity index (χ3n) is 7.21. The molecule has 0 aliphatic carbocycles. The van der Waals surface area contributed by atoms with Crippen LogP contribution in [0.4, 0.5) is 0 Å². The Kier molecular flexibility index (Phi) is 11.4. The third kappa shape index (κ3) is 7.67. The Bertz CT molecular complexity index is 1400. The number of aliphatic imine (C=N–C) groups is 1. The summed E-state index contributed by atoms with van der Waals surface area (Å²) in [6.07, 6.45) is -3.61. The standard InChI is InChI=1S/C30H39N7O7/c1-16(2)23(33)28(39)42-25-20(13-41-22(38)12-18-8-6-5-7-9-18)44-30(14-31,26(25)43-29(40)24(34)17(3)4)21-11-10-19(37-21)27(35)36-15-32/h5-11,15-17,20,23-26,37H,12-13,33-34H2,1-4H3,(H3,32,35,36)/t20-,23+,24+,25-,26-,30+/m1/s1. The number of nitrogens with zero attached hydrogens (tertiary/aromatic N) is 2. The van der Waals surface area contributed by atoms with E-state index in [0.717, 1.165) is 6.34 Å². The lowest BCUT2D eigenvalue weighted by molar-refractivity contribution is -0.172. The van der Waals surface area contributed by atoms with Gasteiger partial charge in [-0.2, -0.15) is 5.26 Å². The summed E-state index contributed by atoms with van der Waals surface area (Å²) >= 11 is 0. The highest BCUT2D eigenvalue weighted by Crippen LogP contribution is 2.43. The Balaban J connectivity index is 2.06. The van der Waals surface area contributed by atoms with Crippen molar-refractivity contribution in [2.45, 2.75) is 70.1 Å². The minimum absolute atomic E-state index is 0.0487. The van der Waals surface area contributed by atoms with Gasteiger partial charge >= 0.3 is 17.9 Å². The number of nitrogens with one attached hydrogen (secondary N) is 2. The lowest BCUT2D eigenvalue weighted by Crippen LogP contribution is -2.50. The largest absolute Gasteiger partial charge is 0.463 e. The number of H-pyrrole nitrogens is 1. The summed E-state index contributed by atoms with van der Waals surface area (Å²) in [5.74, 6) is -3.03. The monoisotopic (exact) mass is 609 g/mol. The van der Waals surface area contributed by atoms with E-state index in [1.165, 1.54) is 12.1 Å². The van der Waals surface area contributed by atoms with Gasteiger partial charge in [-0.1, -0.05) is 58.0 Å². The predicted octanol–water partition coefficient (Wildman–Crippen LogP) is 1.02. The van der Waals surface area contributed by atoms with Crippen LogP contribution in [0.2, 0.25) is 0 Å². The van der Waals surface area contributed by atoms with Crippen molar-refractivity contribution in [1.82, 2.24) is 4.98 Å². The Hall–Kier alpha value is -4.58. The summed E-state index contributed by atoms with van der Waals surface area (Å²) < 4.78 is 23.3. The number of hydrogen-bond donors (Lipinski definition) is 5. The van der Waals surface area contributed by atoms with Crippen molar-refractivity contribution < 1.29 is 33.3 Å². The van der Waals surface area contributed by atoms with Crippen LogP contribution < -0.4 is 17.2 Å². The maximum absolute atomic E-state index is 13.2. The van der Waals surface area contributed by atoms with Crippen molar-refractivity contribution in [3.05, 3.63) is 59.4 Å². The minimum atomic E-state index is -2.11. The van der Waals surface area contributed by atoms with Crippen LogP contribution >= 0.6 is 0 Å². The highest BCUT2D eigenvalue weighted by atomic mass is 16.7. The number of carbonyl (C=O) groups is 3. The number of benzene rings is 1. The zero-order chi connectivity index (χ0) is 32.6. The van der Waals surface area contributed by atoms with Gasteiger partial charge in [-0.3, -0.25) is 19.8 Å². The number of nitrogens with two attached hydrogens (primary N) is 3. The van der Waals surface area contributed by atoms with E-state index in [9.17, 15) is 19.6 Å². The van der Waals surface area contributed by atoms with Gasteiger partial charge in [0.15, 0.2) is 12.2 Å². The molecule has 14 nitrogen and oxygen atoms in total. The van der Waals surface area contributed by atoms with E-state index in [0.29, 0.717) is 5.56 Å². The number of rotatable bonds is 13. The van der Waals surface area contributed by atoms with E-state index in [1.54, 1.807) is 52.0 Å². The van der Waals surface area contributed by atoms with Gasteiger partial charge in [0.25, 0.3) is 0 Å². The third-order valence-corrected chi connectivity index (χ3v) is 7.21. The molecule has 1 saturated heterocycles. The second-order valence-electron chi connectivity index (χ2n) is 11.1. The fourth-order valence-electron chi connectivity index (χ4n) is 4.43. The van der Waals surface area contributed by atoms with Crippen molar-refractivity contribution >= 4 is 30.1 Å². The molecular weight excluding hydrogens is 570 g/mol. The number of esters is 3. The van der Waals surface area contributed by atoms with Crippen LogP contribution in [0.1, 0.15) is 44.6 Å². The SMILES string of the molecule is CC(C)[C@H](N)C(=O)O[C@H]1[C@@H](OC(=O)[C@@H](N)C(C)C)[C@](C#N)(c2ccc(C(N)=NC=N)[nH]2)O[C@@H]1COC(=O)Cc1ccccc1. The van der Waals surface area contributed by atoms with Crippen LogP contribution in [0.5, 0.6) is 0 Å². The maximum atomic E-state index is 13.2. The number of aromatic nitrogens is 1. The summed E-state index contributed by atoms with van der Waals surface area (Å²) in [5, 5.41) is 17.8. The molecule has 2 aromatic rings. The van der Waals surface area contributed by atoms with Crippen molar-refractivity contribution in [3.8, 4) is 6.07 Å². The van der Waals surface area contributed by atoms with Gasteiger partial charge in [-0.25, -0.2) is 4.99 Å². The van der Waals surface area contributed by atoms with Crippen LogP contribution in [0.3, 0.4) is 0 Å². The van der Waals surface area contributed by atoms with Crippen LogP contribution in [-0.2, 0) is 45.4 Å². The number of hydrogen-bond acceptors (Lipinski definition) is 11. The van der Waals surface area contributed by atoms with Gasteiger partial charge in [-0.05, 0) is 29.5 Å². The van der Waals surface area contributed by atoms with Gasteiger partial charge in [0.05, 0.1) is 17.8 Å². The summed E-state index contributed by atoms with van der Waals surface area (Å²) in [6.45, 7) is 6.41. The smallest absolute Gasteiger partial charge is 0.323 e. The zero-order valence-electron chi connectivity index (χ0n) is 25.1. The molecule has 44 heavy (non-hydrogen) atoms. The fraction of sp³-hybridized carbons (Fsp3) is 0.467. The van der Waals surface area contributed by atoms with Gasteiger partial charge in [0.2, 0.25) is 5.60 Å². The zero-order valence-corrected chi connectivity index (χ0v) is 25.1. The number of ether oxygens (including phenoxy) is 4. The molecule has 1 aromatic carbocycles. The molecule has 2 heterocycles. The number of nitriles is 1. The molecule has 1 aromatic heterocycles. The molecule has 0 radical (unpaired) electrons. The summed E-state index contributed by atoms with van der Waals surface area (Å²) in [6, 6.07) is 11.7. The van der Waals surface area contributed by atoms with E-state index in [4.69, 9.17) is 41.6 Å². The highest BCUT2D eigenvalue weighted by Gasteiger charge is 2.62. The quantitative estimate of drug-likeness (QED) is 0.0929. The molecule has 0 unspecified atom stereocenters. The fourth-order valence-corrected chi connectivity index (χ4v) is 4.43. The van der Waals surface area contributed by atoms with Crippen LogP contribution in [0, 0.1) is 28.6 Å². The lowest BCUT2D eigenvalue weighted by Gasteiger charge is -2.30. The number of carbonyl (C=O) groups excluding carboxylic acids is 3. The molecule has 1 aliphatic rings. The van der Waals surface area contributed by atoms with Crippen molar-refractivity contribution in [2.24, 2.45) is 34.0 Å². The van der Waals surface area contributed by atoms with Gasteiger partial charge in [-0.15, -0.1) is 0 Å². The summed E-state index contributed by atoms with van der Waals surface area (Å²) in [7, 11) is 0. The second-order valence-corrected chi connectivity index (χ2v) is 11.1. The molecule has 0 bridgehead atoms. The lowest BCUT2D eigenvalue weighted by atomic mass is 9.91. The van der Waals surface area contributed by atoms with Crippen LogP contribution in [-0.4, -0.2) is 72.1 Å². The topological polar surface area (TPSA) is 242 Å². The molecule has 0 amide bonds. The molecule has 236 valence electrons. The molecule has 3 rings (SSSR count). The normalized spacial score (nSPS) is 23.1. The minimum Gasteiger partial charge on any atom is -0.463 e. The van der Waals surface area contributed by atoms with E-state index in [1.807, 2.05) is 6.07 Å². The van der Waals surface area contributed by atoms with E-state index in [2.05, 4.69) is 16.0 Å². The Morgan fingerprint density at radius 2 is 1.68 bits per heavy atom. The Morgan fingerprint density at radius 1 is 1.07 bits per heavy atom. The maximum Gasteiger partial charge on any atom is 0.323 e. The first-order chi connectivity index (χ1) is 20.8. The van der Waals surface area contributed by atoms with Crippen molar-refractivity contribution in [3.63, 3.8) is 0 Å². The molecule has 6 atom stereocenters. The first kappa shape index (κ1) is 33.9. The average molecular weight is 610 g/mol. The van der Waals surface area contributed by atoms with Gasteiger partial charge in [0.1, 0.15) is 43.0 Å². The molecule has 14 heteroatoms. The van der Waals surface area contributed by atoms with Gasteiger partial charge < -0.3 is 41.1 Å². The molecule has 1 aliphatic heterocycles. The Labute approximate surface area is 255 Å². The molecule has 1 fully saturated rings. The van der Waals surface area contributed by atoms with Crippen molar-refractivity contribution in [2.75, 3.05) is 6.61 Å². The first-order valence-corrected chi connectivity index (χ1v) is 14.1. The number of amidine groups is 1.